The second-order valence-electron chi connectivity index (χ2n) is 6.83. The predicted octanol–water partition coefficient (Wildman–Crippen LogP) is 3.59. The van der Waals surface area contributed by atoms with Gasteiger partial charge in [0.1, 0.15) is 5.52 Å². The molecule has 0 saturated heterocycles. The topological polar surface area (TPSA) is 72.4 Å². The highest BCUT2D eigenvalue weighted by Crippen LogP contribution is 2.27. The van der Waals surface area contributed by atoms with Crippen molar-refractivity contribution in [2.24, 2.45) is 5.73 Å². The van der Waals surface area contributed by atoms with Crippen LogP contribution in [0.4, 0.5) is 4.39 Å². The first-order chi connectivity index (χ1) is 12.5. The molecule has 0 aliphatic heterocycles. The van der Waals surface area contributed by atoms with Crippen molar-refractivity contribution < 1.29 is 13.6 Å². The van der Waals surface area contributed by atoms with E-state index in [0.29, 0.717) is 22.6 Å². The van der Waals surface area contributed by atoms with Gasteiger partial charge in [-0.3, -0.25) is 4.79 Å². The lowest BCUT2D eigenvalue weighted by atomic mass is 10.1. The third kappa shape index (κ3) is 2.97. The minimum atomic E-state index is -0.416. The van der Waals surface area contributed by atoms with Crippen LogP contribution in [0.5, 0.6) is 0 Å². The van der Waals surface area contributed by atoms with Gasteiger partial charge >= 0.3 is 0 Å². The molecule has 134 valence electrons. The third-order valence-electron chi connectivity index (χ3n) is 5.06. The van der Waals surface area contributed by atoms with Gasteiger partial charge in [0, 0.05) is 30.3 Å². The number of hydrogen-bond donors (Lipinski definition) is 1. The van der Waals surface area contributed by atoms with Gasteiger partial charge in [-0.2, -0.15) is 0 Å². The molecule has 3 aromatic rings. The summed E-state index contributed by atoms with van der Waals surface area (Å²) in [6, 6.07) is 12.0. The summed E-state index contributed by atoms with van der Waals surface area (Å²) in [5.74, 6) is -0.112. The molecular weight excluding hydrogens is 333 g/mol. The van der Waals surface area contributed by atoms with Crippen LogP contribution in [0.25, 0.3) is 22.6 Å². The van der Waals surface area contributed by atoms with Gasteiger partial charge in [-0.05, 0) is 55.7 Å². The van der Waals surface area contributed by atoms with E-state index in [2.05, 4.69) is 4.98 Å². The van der Waals surface area contributed by atoms with Gasteiger partial charge in [0.05, 0.1) is 0 Å². The van der Waals surface area contributed by atoms with Crippen molar-refractivity contribution in [1.29, 1.82) is 0 Å². The number of halogens is 1. The minimum absolute atomic E-state index is 0.0285. The number of benzene rings is 2. The fourth-order valence-corrected chi connectivity index (χ4v) is 3.51. The highest BCUT2D eigenvalue weighted by Gasteiger charge is 2.28. The van der Waals surface area contributed by atoms with Crippen LogP contribution in [0.15, 0.2) is 46.9 Å². The quantitative estimate of drug-likeness (QED) is 0.781. The van der Waals surface area contributed by atoms with E-state index in [9.17, 15) is 9.18 Å². The average Bonchev–Trinajstić information content (AvgIpc) is 3.28. The highest BCUT2D eigenvalue weighted by molar-refractivity contribution is 5.94. The zero-order valence-electron chi connectivity index (χ0n) is 14.5. The first kappa shape index (κ1) is 16.7. The molecule has 2 aromatic carbocycles. The Bertz CT molecular complexity index is 951. The summed E-state index contributed by atoms with van der Waals surface area (Å²) in [5, 5.41) is 0. The number of carbonyl (C=O) groups excluding carboxylic acids is 1. The Kier molecular flexibility index (Phi) is 4.20. The van der Waals surface area contributed by atoms with Crippen LogP contribution in [0.2, 0.25) is 0 Å². The van der Waals surface area contributed by atoms with Crippen LogP contribution in [-0.4, -0.2) is 34.9 Å². The number of para-hydroxylation sites is 1. The third-order valence-corrected chi connectivity index (χ3v) is 5.06. The molecule has 6 heteroatoms. The first-order valence-corrected chi connectivity index (χ1v) is 8.71. The monoisotopic (exact) mass is 353 g/mol. The molecule has 0 bridgehead atoms. The second kappa shape index (κ2) is 6.53. The average molecular weight is 353 g/mol. The number of amides is 1. The van der Waals surface area contributed by atoms with Crippen LogP contribution in [0.1, 0.15) is 29.6 Å². The number of carbonyl (C=O) groups is 1. The normalized spacial score (nSPS) is 19.8. The van der Waals surface area contributed by atoms with E-state index >= 15 is 0 Å². The van der Waals surface area contributed by atoms with E-state index < -0.39 is 5.82 Å². The summed E-state index contributed by atoms with van der Waals surface area (Å²) < 4.78 is 19.4. The number of hydrogen-bond acceptors (Lipinski definition) is 4. The molecule has 0 spiro atoms. The lowest BCUT2D eigenvalue weighted by Crippen LogP contribution is -2.36. The molecule has 1 aliphatic rings. The van der Waals surface area contributed by atoms with Crippen LogP contribution < -0.4 is 5.73 Å². The van der Waals surface area contributed by atoms with Gasteiger partial charge in [-0.15, -0.1) is 0 Å². The van der Waals surface area contributed by atoms with Crippen molar-refractivity contribution >= 4 is 17.0 Å². The largest absolute Gasteiger partial charge is 0.436 e. The molecule has 1 fully saturated rings. The molecular formula is C20H20FN3O2. The zero-order chi connectivity index (χ0) is 18.3. The van der Waals surface area contributed by atoms with Gasteiger partial charge in [0.25, 0.3) is 5.91 Å². The Hall–Kier alpha value is -2.73. The van der Waals surface area contributed by atoms with Crippen molar-refractivity contribution in [2.75, 3.05) is 7.05 Å². The van der Waals surface area contributed by atoms with Gasteiger partial charge in [-0.1, -0.05) is 6.07 Å². The van der Waals surface area contributed by atoms with Crippen molar-refractivity contribution in [3.8, 4) is 11.5 Å². The van der Waals surface area contributed by atoms with Crippen LogP contribution in [-0.2, 0) is 0 Å². The van der Waals surface area contributed by atoms with Crippen molar-refractivity contribution in [1.82, 2.24) is 9.88 Å². The summed E-state index contributed by atoms with van der Waals surface area (Å²) in [4.78, 5) is 18.7. The summed E-state index contributed by atoms with van der Waals surface area (Å²) in [5.41, 5.74) is 7.85. The fraction of sp³-hybridized carbons (Fsp3) is 0.300. The molecule has 0 radical (unpaired) electrons. The molecule has 1 amide bonds. The molecule has 0 unspecified atom stereocenters. The Morgan fingerprint density at radius 3 is 2.65 bits per heavy atom. The summed E-state index contributed by atoms with van der Waals surface area (Å²) in [6.07, 6.45) is 2.74. The van der Waals surface area contributed by atoms with Crippen LogP contribution in [0, 0.1) is 5.82 Å². The zero-order valence-corrected chi connectivity index (χ0v) is 14.5. The maximum Gasteiger partial charge on any atom is 0.253 e. The lowest BCUT2D eigenvalue weighted by Gasteiger charge is -2.24. The van der Waals surface area contributed by atoms with Gasteiger partial charge in [-0.25, -0.2) is 9.37 Å². The number of aromatic nitrogens is 1. The van der Waals surface area contributed by atoms with Crippen LogP contribution >= 0.6 is 0 Å². The van der Waals surface area contributed by atoms with Gasteiger partial charge < -0.3 is 15.1 Å². The van der Waals surface area contributed by atoms with Crippen molar-refractivity contribution in [3.05, 3.63) is 53.8 Å². The fourth-order valence-electron chi connectivity index (χ4n) is 3.51. The molecule has 4 rings (SSSR count). The van der Waals surface area contributed by atoms with E-state index in [1.165, 1.54) is 6.07 Å². The SMILES string of the molecule is CN(C(=O)c1ccc(-c2nc3c(F)cccc3o2)cc1)[C@@H]1CC[C@H](N)C1. The second-order valence-corrected chi connectivity index (χ2v) is 6.83. The molecule has 26 heavy (non-hydrogen) atoms. The van der Waals surface area contributed by atoms with E-state index in [1.54, 1.807) is 41.3 Å². The number of oxazole rings is 1. The molecule has 1 aromatic heterocycles. The minimum Gasteiger partial charge on any atom is -0.436 e. The van der Waals surface area contributed by atoms with Crippen molar-refractivity contribution in [3.63, 3.8) is 0 Å². The predicted molar refractivity (Wildman–Crippen MR) is 97.1 cm³/mol. The van der Waals surface area contributed by atoms with E-state index in [0.717, 1.165) is 19.3 Å². The number of nitrogens with zero attached hydrogens (tertiary/aromatic N) is 2. The standard InChI is InChI=1S/C20H20FN3O2/c1-24(15-10-9-14(22)11-15)20(25)13-7-5-12(6-8-13)19-23-18-16(21)3-2-4-17(18)26-19/h2-8,14-15H,9-11,22H2,1H3/t14-,15+/m0/s1. The van der Waals surface area contributed by atoms with Crippen LogP contribution in [0.3, 0.4) is 0 Å². The van der Waals surface area contributed by atoms with Gasteiger partial charge in [0.15, 0.2) is 11.4 Å². The van der Waals surface area contributed by atoms with Crippen molar-refractivity contribution in [2.45, 2.75) is 31.3 Å². The molecule has 5 nitrogen and oxygen atoms in total. The lowest BCUT2D eigenvalue weighted by molar-refractivity contribution is 0.0734. The molecule has 1 heterocycles. The Morgan fingerprint density at radius 1 is 1.23 bits per heavy atom. The maximum absolute atomic E-state index is 13.8. The summed E-state index contributed by atoms with van der Waals surface area (Å²) in [7, 11) is 1.82. The number of rotatable bonds is 3. The maximum atomic E-state index is 13.8. The molecule has 1 aliphatic carbocycles. The number of nitrogens with two attached hydrogens (primary N) is 1. The van der Waals surface area contributed by atoms with E-state index in [-0.39, 0.29) is 23.5 Å². The molecule has 2 atom stereocenters. The highest BCUT2D eigenvalue weighted by atomic mass is 19.1. The molecule has 2 N–H and O–H groups in total. The Morgan fingerprint density at radius 2 is 2.00 bits per heavy atom. The van der Waals surface area contributed by atoms with Gasteiger partial charge in [0.2, 0.25) is 5.89 Å². The summed E-state index contributed by atoms with van der Waals surface area (Å²) >= 11 is 0. The smallest absolute Gasteiger partial charge is 0.253 e. The van der Waals surface area contributed by atoms with E-state index in [4.69, 9.17) is 10.2 Å². The molecule has 1 saturated carbocycles. The van der Waals surface area contributed by atoms with E-state index in [1.807, 2.05) is 7.05 Å². The Labute approximate surface area is 150 Å². The Balaban J connectivity index is 1.56. The first-order valence-electron chi connectivity index (χ1n) is 8.71. The summed E-state index contributed by atoms with van der Waals surface area (Å²) in [6.45, 7) is 0. The number of fused-ring (bicyclic) bond motifs is 1.